The lowest BCUT2D eigenvalue weighted by molar-refractivity contribution is -0.127. The van der Waals surface area contributed by atoms with Gasteiger partial charge in [-0.05, 0) is 25.0 Å². The molecule has 1 atom stereocenters. The third-order valence-electron chi connectivity index (χ3n) is 2.85. The Kier molecular flexibility index (Phi) is 2.63. The highest BCUT2D eigenvalue weighted by Gasteiger charge is 2.26. The largest absolute Gasteiger partial charge is 0.338 e. The van der Waals surface area contributed by atoms with Gasteiger partial charge in [-0.2, -0.15) is 11.8 Å². The van der Waals surface area contributed by atoms with E-state index in [1.165, 1.54) is 12.2 Å². The molecule has 2 rings (SSSR count). The van der Waals surface area contributed by atoms with Gasteiger partial charge in [0.2, 0.25) is 5.91 Å². The molecule has 2 nitrogen and oxygen atoms in total. The van der Waals surface area contributed by atoms with Crippen molar-refractivity contribution < 1.29 is 4.79 Å². The second-order valence-corrected chi connectivity index (χ2v) is 4.85. The van der Waals surface area contributed by atoms with Gasteiger partial charge in [0, 0.05) is 24.4 Å². The Labute approximate surface area is 83.4 Å². The Bertz CT molecular complexity index is 243. The van der Waals surface area contributed by atoms with Crippen molar-refractivity contribution in [3.8, 4) is 0 Å². The topological polar surface area (TPSA) is 20.3 Å². The predicted molar refractivity (Wildman–Crippen MR) is 55.8 cm³/mol. The van der Waals surface area contributed by atoms with Crippen molar-refractivity contribution in [3.63, 3.8) is 0 Å². The highest BCUT2D eigenvalue weighted by atomic mass is 32.2. The Hall–Kier alpha value is -0.440. The van der Waals surface area contributed by atoms with Crippen LogP contribution in [0.25, 0.3) is 0 Å². The smallest absolute Gasteiger partial charge is 0.249 e. The number of carbonyl (C=O) groups excluding carboxylic acids is 1. The van der Waals surface area contributed by atoms with Crippen LogP contribution in [0.3, 0.4) is 0 Å². The monoisotopic (exact) mass is 197 g/mol. The summed E-state index contributed by atoms with van der Waals surface area (Å²) in [6.07, 6.45) is 5.30. The van der Waals surface area contributed by atoms with Crippen LogP contribution < -0.4 is 0 Å². The Morgan fingerprint density at radius 1 is 1.69 bits per heavy atom. The number of hydrogen-bond donors (Lipinski definition) is 0. The van der Waals surface area contributed by atoms with Crippen LogP contribution >= 0.6 is 11.8 Å². The molecule has 0 saturated carbocycles. The van der Waals surface area contributed by atoms with Gasteiger partial charge in [-0.1, -0.05) is 6.08 Å². The fourth-order valence-corrected chi connectivity index (χ4v) is 2.97. The van der Waals surface area contributed by atoms with Crippen LogP contribution in [0.4, 0.5) is 0 Å². The van der Waals surface area contributed by atoms with E-state index in [0.717, 1.165) is 24.2 Å². The second-order valence-electron chi connectivity index (χ2n) is 3.70. The molecule has 72 valence electrons. The molecule has 0 radical (unpaired) electrons. The molecular weight excluding hydrogens is 182 g/mol. The molecule has 0 N–H and O–H groups in total. The summed E-state index contributed by atoms with van der Waals surface area (Å²) < 4.78 is 0. The van der Waals surface area contributed by atoms with Crippen LogP contribution in [0.2, 0.25) is 0 Å². The molecule has 1 aliphatic heterocycles. The van der Waals surface area contributed by atoms with Gasteiger partial charge >= 0.3 is 0 Å². The van der Waals surface area contributed by atoms with E-state index in [2.05, 4.69) is 6.08 Å². The van der Waals surface area contributed by atoms with E-state index >= 15 is 0 Å². The molecule has 0 aromatic carbocycles. The average Bonchev–Trinajstić information content (AvgIpc) is 2.51. The third kappa shape index (κ3) is 1.75. The van der Waals surface area contributed by atoms with E-state index in [1.807, 2.05) is 23.7 Å². The summed E-state index contributed by atoms with van der Waals surface area (Å²) in [6.45, 7) is 0. The minimum Gasteiger partial charge on any atom is -0.338 e. The van der Waals surface area contributed by atoms with Crippen molar-refractivity contribution in [3.05, 3.63) is 11.6 Å². The lowest BCUT2D eigenvalue weighted by Gasteiger charge is -2.27. The summed E-state index contributed by atoms with van der Waals surface area (Å²) in [7, 11) is 1.94. The maximum atomic E-state index is 11.8. The van der Waals surface area contributed by atoms with Gasteiger partial charge in [0.05, 0.1) is 0 Å². The number of nitrogens with zero attached hydrogens (tertiary/aromatic N) is 1. The van der Waals surface area contributed by atoms with Crippen LogP contribution in [0.1, 0.15) is 19.3 Å². The number of allylic oxidation sites excluding steroid dienone is 1. The zero-order chi connectivity index (χ0) is 9.26. The number of hydrogen-bond acceptors (Lipinski definition) is 2. The van der Waals surface area contributed by atoms with Gasteiger partial charge in [0.25, 0.3) is 0 Å². The standard InChI is InChI=1S/C10H15NOS/c1-11(9-5-6-13-7-9)10(12)8-3-2-4-8/h3,9H,2,4-7H2,1H3. The molecule has 2 aliphatic rings. The lowest BCUT2D eigenvalue weighted by atomic mass is 9.97. The van der Waals surface area contributed by atoms with E-state index in [0.29, 0.717) is 6.04 Å². The molecule has 0 aromatic rings. The molecule has 0 spiro atoms. The van der Waals surface area contributed by atoms with Crippen molar-refractivity contribution in [1.82, 2.24) is 4.90 Å². The minimum atomic E-state index is 0.263. The summed E-state index contributed by atoms with van der Waals surface area (Å²) in [5, 5.41) is 0. The van der Waals surface area contributed by atoms with E-state index in [-0.39, 0.29) is 5.91 Å². The summed E-state index contributed by atoms with van der Waals surface area (Å²) >= 11 is 1.95. The van der Waals surface area contributed by atoms with Gasteiger partial charge in [-0.3, -0.25) is 4.79 Å². The fourth-order valence-electron chi connectivity index (χ4n) is 1.70. The zero-order valence-electron chi connectivity index (χ0n) is 7.95. The first-order valence-electron chi connectivity index (χ1n) is 4.83. The van der Waals surface area contributed by atoms with Crippen LogP contribution in [-0.2, 0) is 4.79 Å². The van der Waals surface area contributed by atoms with Crippen molar-refractivity contribution in [2.75, 3.05) is 18.6 Å². The molecule has 1 aliphatic carbocycles. The maximum Gasteiger partial charge on any atom is 0.249 e. The highest BCUT2D eigenvalue weighted by molar-refractivity contribution is 7.99. The summed E-state index contributed by atoms with van der Waals surface area (Å²) in [4.78, 5) is 13.7. The second kappa shape index (κ2) is 3.74. The number of rotatable bonds is 2. The molecule has 13 heavy (non-hydrogen) atoms. The molecule has 1 saturated heterocycles. The van der Waals surface area contributed by atoms with Gasteiger partial charge in [0.1, 0.15) is 0 Å². The van der Waals surface area contributed by atoms with Gasteiger partial charge in [-0.15, -0.1) is 0 Å². The SMILES string of the molecule is CN(C(=O)C1=CCC1)C1CCSC1. The molecule has 3 heteroatoms. The average molecular weight is 197 g/mol. The molecule has 0 aromatic heterocycles. The molecule has 1 amide bonds. The lowest BCUT2D eigenvalue weighted by Crippen LogP contribution is -2.38. The first kappa shape index (κ1) is 9.13. The van der Waals surface area contributed by atoms with Crippen molar-refractivity contribution in [2.45, 2.75) is 25.3 Å². The minimum absolute atomic E-state index is 0.263. The first-order chi connectivity index (χ1) is 6.29. The maximum absolute atomic E-state index is 11.8. The number of thioether (sulfide) groups is 1. The van der Waals surface area contributed by atoms with Gasteiger partial charge < -0.3 is 4.90 Å². The molecular formula is C10H15NOS. The molecule has 1 unspecified atom stereocenters. The quantitative estimate of drug-likeness (QED) is 0.671. The number of amides is 1. The van der Waals surface area contributed by atoms with Crippen LogP contribution in [-0.4, -0.2) is 35.4 Å². The van der Waals surface area contributed by atoms with E-state index in [9.17, 15) is 4.79 Å². The van der Waals surface area contributed by atoms with Crippen molar-refractivity contribution >= 4 is 17.7 Å². The highest BCUT2D eigenvalue weighted by Crippen LogP contribution is 2.25. The zero-order valence-corrected chi connectivity index (χ0v) is 8.77. The molecule has 0 bridgehead atoms. The third-order valence-corrected chi connectivity index (χ3v) is 4.00. The normalized spacial score (nSPS) is 26.5. The Morgan fingerprint density at radius 3 is 2.92 bits per heavy atom. The van der Waals surface area contributed by atoms with Crippen molar-refractivity contribution in [2.24, 2.45) is 0 Å². The van der Waals surface area contributed by atoms with Crippen molar-refractivity contribution in [1.29, 1.82) is 0 Å². The first-order valence-corrected chi connectivity index (χ1v) is 5.98. The van der Waals surface area contributed by atoms with Crippen LogP contribution in [0, 0.1) is 0 Å². The number of carbonyl (C=O) groups is 1. The molecule has 1 heterocycles. The summed E-state index contributed by atoms with van der Waals surface area (Å²) in [5.41, 5.74) is 1.03. The van der Waals surface area contributed by atoms with E-state index in [4.69, 9.17) is 0 Å². The number of likely N-dealkylation sites (N-methyl/N-ethyl adjacent to an activating group) is 1. The predicted octanol–water partition coefficient (Wildman–Crippen LogP) is 1.67. The Balaban J connectivity index is 1.94. The van der Waals surface area contributed by atoms with E-state index in [1.54, 1.807) is 0 Å². The summed E-state index contributed by atoms with van der Waals surface area (Å²) in [6, 6.07) is 0.485. The van der Waals surface area contributed by atoms with E-state index < -0.39 is 0 Å². The molecule has 1 fully saturated rings. The summed E-state index contributed by atoms with van der Waals surface area (Å²) in [5.74, 6) is 2.59. The van der Waals surface area contributed by atoms with Gasteiger partial charge in [-0.25, -0.2) is 0 Å². The van der Waals surface area contributed by atoms with Gasteiger partial charge in [0.15, 0.2) is 0 Å². The Morgan fingerprint density at radius 2 is 2.46 bits per heavy atom. The van der Waals surface area contributed by atoms with Crippen LogP contribution in [0.15, 0.2) is 11.6 Å². The fraction of sp³-hybridized carbons (Fsp3) is 0.700. The van der Waals surface area contributed by atoms with Crippen LogP contribution in [0.5, 0.6) is 0 Å².